The third-order valence-corrected chi connectivity index (χ3v) is 3.58. The second-order valence-electron chi connectivity index (χ2n) is 7.02. The Kier molecular flexibility index (Phi) is 19.1. The van der Waals surface area contributed by atoms with Crippen LogP contribution in [-0.2, 0) is 17.1 Å². The molecule has 25 heteroatoms. The van der Waals surface area contributed by atoms with Crippen molar-refractivity contribution >= 4 is 0 Å². The Morgan fingerprint density at radius 1 is 0.350 bits per heavy atom. The molecule has 1 radical (unpaired) electrons. The predicted molar refractivity (Wildman–Crippen MR) is 84.0 cm³/mol. The Bertz CT molecular complexity index is 527. The number of rotatable bonds is 6. The fourth-order valence-electron chi connectivity index (χ4n) is 1.43. The number of hydrogen-bond acceptors (Lipinski definition) is 6. The van der Waals surface area contributed by atoms with Gasteiger partial charge in [0.2, 0.25) is 0 Å². The average molecular weight is 690 g/mol. The number of hydrogen-bond donors (Lipinski definition) is 5. The van der Waals surface area contributed by atoms with Crippen LogP contribution in [0.2, 0.25) is 0 Å². The topological polar surface area (TPSA) is 124 Å². The van der Waals surface area contributed by atoms with Gasteiger partial charge in [-0.25, -0.2) is 0 Å². The van der Waals surface area contributed by atoms with Crippen LogP contribution in [0.15, 0.2) is 0 Å². The summed E-state index contributed by atoms with van der Waals surface area (Å²) in [6.45, 7) is 0. The van der Waals surface area contributed by atoms with E-state index in [4.69, 9.17) is 25.5 Å². The molecule has 6 nitrogen and oxygen atoms in total. The Hall–Kier alpha value is -0.981. The molecule has 5 N–H and O–H groups in total. The van der Waals surface area contributed by atoms with Gasteiger partial charge in [-0.1, -0.05) is 0 Å². The van der Waals surface area contributed by atoms with Gasteiger partial charge in [-0.3, -0.25) is 0 Å². The summed E-state index contributed by atoms with van der Waals surface area (Å²) in [5.74, 6) is 0. The fraction of sp³-hybridized carbons (Fsp3) is 1.00. The minimum absolute atomic E-state index is 0. The summed E-state index contributed by atoms with van der Waals surface area (Å²) in [7, 11) is 0. The third kappa shape index (κ3) is 21.7. The van der Waals surface area contributed by atoms with E-state index in [9.17, 15) is 84.1 Å². The van der Waals surface area contributed by atoms with Gasteiger partial charge >= 0.3 is 37.1 Å². The maximum Gasteiger partial charge on any atom is 0.414 e. The molecule has 0 aromatic carbocycles. The van der Waals surface area contributed by atoms with Crippen LogP contribution in [0, 0.1) is 0 Å². The van der Waals surface area contributed by atoms with E-state index in [0.717, 1.165) is 0 Å². The minimum Gasteiger partial charge on any atom is -0.845 e. The molecule has 0 fully saturated rings. The van der Waals surface area contributed by atoms with Gasteiger partial charge in [0.1, 0.15) is 6.10 Å². The molecule has 6 atom stereocenters. The molecule has 0 aromatic heterocycles. The van der Waals surface area contributed by atoms with Crippen LogP contribution >= 0.6 is 0 Å². The summed E-state index contributed by atoms with van der Waals surface area (Å²) in [6.07, 6.45) is -55.8. The molecule has 0 amide bonds. The van der Waals surface area contributed by atoms with E-state index in [1.54, 1.807) is 0 Å². The number of halogens is 18. The first kappa shape index (κ1) is 46.0. The second kappa shape index (κ2) is 16.6. The molecule has 0 rings (SSSR count). The summed E-state index contributed by atoms with van der Waals surface area (Å²) < 4.78 is 206. The van der Waals surface area contributed by atoms with Crippen molar-refractivity contribution < 1.29 is 127 Å². The SMILES string of the molecule is OC(CC(O)C(F)(F)F)C(F)(F)F.OC(CC(O)C(F)(F)F)C(F)(F)F.[Mn].[O-]C(CC(O)C(F)(F)F)C(F)(F)F. The van der Waals surface area contributed by atoms with E-state index in [1.807, 2.05) is 0 Å². The van der Waals surface area contributed by atoms with E-state index in [1.165, 1.54) is 0 Å². The quantitative estimate of drug-likeness (QED) is 0.216. The first-order valence-electron chi connectivity index (χ1n) is 9.11. The molecule has 0 heterocycles. The van der Waals surface area contributed by atoms with Gasteiger partial charge in [0.25, 0.3) is 0 Å². The molecule has 0 aliphatic rings. The van der Waals surface area contributed by atoms with Crippen LogP contribution in [-0.4, -0.2) is 99.2 Å². The van der Waals surface area contributed by atoms with Crippen molar-refractivity contribution in [2.24, 2.45) is 0 Å². The van der Waals surface area contributed by atoms with Crippen molar-refractivity contribution in [2.45, 2.75) is 92.9 Å². The van der Waals surface area contributed by atoms with Crippen molar-refractivity contribution in [1.29, 1.82) is 0 Å². The summed E-state index contributed by atoms with van der Waals surface area (Å²) in [6, 6.07) is 0. The normalized spacial score (nSPS) is 18.0. The maximum absolute atomic E-state index is 11.5. The smallest absolute Gasteiger partial charge is 0.414 e. The first-order chi connectivity index (χ1) is 16.6. The molecule has 0 saturated carbocycles. The Morgan fingerprint density at radius 2 is 0.500 bits per heavy atom. The number of aliphatic hydroxyl groups is 5. The van der Waals surface area contributed by atoms with Gasteiger partial charge in [-0.2, -0.15) is 79.0 Å². The largest absolute Gasteiger partial charge is 0.845 e. The Morgan fingerprint density at radius 3 is 0.625 bits per heavy atom. The maximum atomic E-state index is 11.5. The van der Waals surface area contributed by atoms with E-state index >= 15 is 0 Å². The van der Waals surface area contributed by atoms with Crippen LogP contribution in [0.1, 0.15) is 19.3 Å². The minimum atomic E-state index is -5.26. The van der Waals surface area contributed by atoms with Crippen molar-refractivity contribution in [1.82, 2.24) is 0 Å². The van der Waals surface area contributed by atoms with Crippen molar-refractivity contribution in [3.63, 3.8) is 0 Å². The summed E-state index contributed by atoms with van der Waals surface area (Å²) in [4.78, 5) is 0. The first-order valence-corrected chi connectivity index (χ1v) is 9.11. The number of aliphatic hydroxyl groups excluding tert-OH is 5. The Labute approximate surface area is 220 Å². The van der Waals surface area contributed by atoms with Gasteiger partial charge in [0.05, 0.1) is 0 Å². The zero-order chi connectivity index (χ0) is 32.6. The molecule has 0 bridgehead atoms. The zero-order valence-corrected chi connectivity index (χ0v) is 19.6. The molecule has 40 heavy (non-hydrogen) atoms. The summed E-state index contributed by atoms with van der Waals surface area (Å²) in [5, 5.41) is 50.7. The Balaban J connectivity index is -0.000000240. The van der Waals surface area contributed by atoms with Gasteiger partial charge in [-0.15, -0.1) is 0 Å². The predicted octanol–water partition coefficient (Wildman–Crippen LogP) is 3.03. The standard InChI is InChI=1S/2C5H6F6O2.C5H5F6O2.Mn/c3*6-4(7,8)2(12)1-3(13)5(9,10)11;/h2*2-3,12-13H,1H2;2-3,12H,1H2;/q;;-1;. The molecule has 6 unspecified atom stereocenters. The van der Waals surface area contributed by atoms with Crippen LogP contribution in [0.4, 0.5) is 79.0 Å². The molecule has 0 aromatic rings. The van der Waals surface area contributed by atoms with Gasteiger partial charge in [0, 0.05) is 29.9 Å². The molecule has 0 spiro atoms. The van der Waals surface area contributed by atoms with Crippen molar-refractivity contribution in [3.05, 3.63) is 0 Å². The molecule has 0 aliphatic heterocycles. The van der Waals surface area contributed by atoms with E-state index in [-0.39, 0.29) is 17.1 Å². The fourth-order valence-corrected chi connectivity index (χ4v) is 1.43. The average Bonchev–Trinajstić information content (AvgIpc) is 2.64. The van der Waals surface area contributed by atoms with Gasteiger partial charge in [-0.05, 0) is 12.5 Å². The van der Waals surface area contributed by atoms with Crippen LogP contribution in [0.5, 0.6) is 0 Å². The second-order valence-corrected chi connectivity index (χ2v) is 7.02. The number of alkyl halides is 18. The zero-order valence-electron chi connectivity index (χ0n) is 18.4. The van der Waals surface area contributed by atoms with E-state index < -0.39 is 92.9 Å². The molecule has 0 saturated heterocycles. The van der Waals surface area contributed by atoms with Crippen molar-refractivity contribution in [3.8, 4) is 0 Å². The van der Waals surface area contributed by atoms with E-state index in [2.05, 4.69) is 0 Å². The molecular weight excluding hydrogens is 673 g/mol. The van der Waals surface area contributed by atoms with Crippen LogP contribution in [0.25, 0.3) is 0 Å². The molecule has 247 valence electrons. The van der Waals surface area contributed by atoms with E-state index in [0.29, 0.717) is 0 Å². The van der Waals surface area contributed by atoms with Gasteiger partial charge in [0.15, 0.2) is 24.4 Å². The van der Waals surface area contributed by atoms with Crippen LogP contribution in [0.3, 0.4) is 0 Å². The molecule has 0 aliphatic carbocycles. The van der Waals surface area contributed by atoms with Crippen molar-refractivity contribution in [2.75, 3.05) is 0 Å². The monoisotopic (exact) mass is 690 g/mol. The summed E-state index contributed by atoms with van der Waals surface area (Å²) in [5.41, 5.74) is 0. The molecular formula is C15H17F18MnO6-. The third-order valence-electron chi connectivity index (χ3n) is 3.58. The van der Waals surface area contributed by atoms with Gasteiger partial charge < -0.3 is 30.6 Å². The van der Waals surface area contributed by atoms with Crippen LogP contribution < -0.4 is 5.11 Å². The summed E-state index contributed by atoms with van der Waals surface area (Å²) >= 11 is 0.